The predicted molar refractivity (Wildman–Crippen MR) is 71.0 cm³/mol. The fourth-order valence-electron chi connectivity index (χ4n) is 1.20. The molecule has 1 heterocycles. The third kappa shape index (κ3) is 4.30. The molecule has 0 saturated heterocycles. The molecule has 2 heteroatoms. The van der Waals surface area contributed by atoms with Crippen molar-refractivity contribution in [3.8, 4) is 5.69 Å². The van der Waals surface area contributed by atoms with Gasteiger partial charge in [0, 0.05) is 18.1 Å². The van der Waals surface area contributed by atoms with Crippen molar-refractivity contribution in [3.63, 3.8) is 0 Å². The SMILES string of the molecule is CC.CC.Cc1cccc(-n2ccnc2)c1. The van der Waals surface area contributed by atoms with Gasteiger partial charge in [-0.2, -0.15) is 0 Å². The van der Waals surface area contributed by atoms with Gasteiger partial charge in [0.2, 0.25) is 0 Å². The Morgan fingerprint density at radius 2 is 1.75 bits per heavy atom. The van der Waals surface area contributed by atoms with Crippen LogP contribution in [0.3, 0.4) is 0 Å². The van der Waals surface area contributed by atoms with Crippen LogP contribution < -0.4 is 0 Å². The van der Waals surface area contributed by atoms with Crippen LogP contribution in [0.2, 0.25) is 0 Å². The summed E-state index contributed by atoms with van der Waals surface area (Å²) in [6, 6.07) is 8.32. The molecular formula is C14H22N2. The maximum Gasteiger partial charge on any atom is 0.0991 e. The van der Waals surface area contributed by atoms with E-state index in [-0.39, 0.29) is 0 Å². The Balaban J connectivity index is 0.000000509. The number of nitrogens with zero attached hydrogens (tertiary/aromatic N) is 2. The lowest BCUT2D eigenvalue weighted by Crippen LogP contribution is -1.89. The predicted octanol–water partition coefficient (Wildman–Crippen LogP) is 4.23. The summed E-state index contributed by atoms with van der Waals surface area (Å²) in [6.07, 6.45) is 5.52. The van der Waals surface area contributed by atoms with Crippen molar-refractivity contribution in [2.75, 3.05) is 0 Å². The van der Waals surface area contributed by atoms with Gasteiger partial charge < -0.3 is 4.57 Å². The number of hydrogen-bond acceptors (Lipinski definition) is 1. The summed E-state index contributed by atoms with van der Waals surface area (Å²) in [5, 5.41) is 0. The molecule has 0 saturated carbocycles. The zero-order chi connectivity index (χ0) is 12.4. The second-order valence-electron chi connectivity index (χ2n) is 2.81. The highest BCUT2D eigenvalue weighted by molar-refractivity contribution is 5.34. The third-order valence-electron chi connectivity index (χ3n) is 1.80. The van der Waals surface area contributed by atoms with Crippen molar-refractivity contribution >= 4 is 0 Å². The molecule has 0 unspecified atom stereocenters. The molecule has 0 spiro atoms. The summed E-state index contributed by atoms with van der Waals surface area (Å²) in [5.74, 6) is 0. The van der Waals surface area contributed by atoms with Gasteiger partial charge in [-0.05, 0) is 24.6 Å². The highest BCUT2D eigenvalue weighted by Crippen LogP contribution is 2.08. The molecule has 0 aliphatic rings. The third-order valence-corrected chi connectivity index (χ3v) is 1.80. The lowest BCUT2D eigenvalue weighted by Gasteiger charge is -2.01. The van der Waals surface area contributed by atoms with Gasteiger partial charge in [-0.1, -0.05) is 39.8 Å². The van der Waals surface area contributed by atoms with E-state index in [2.05, 4.69) is 30.1 Å². The van der Waals surface area contributed by atoms with Crippen LogP contribution in [0, 0.1) is 6.92 Å². The topological polar surface area (TPSA) is 17.8 Å². The molecule has 0 aliphatic heterocycles. The van der Waals surface area contributed by atoms with Gasteiger partial charge in [-0.3, -0.25) is 0 Å². The van der Waals surface area contributed by atoms with Crippen LogP contribution in [0.1, 0.15) is 33.3 Å². The first-order valence-electron chi connectivity index (χ1n) is 5.91. The van der Waals surface area contributed by atoms with E-state index in [0.29, 0.717) is 0 Å². The molecule has 16 heavy (non-hydrogen) atoms. The lowest BCUT2D eigenvalue weighted by molar-refractivity contribution is 1.05. The molecule has 2 aromatic rings. The molecule has 0 amide bonds. The van der Waals surface area contributed by atoms with Crippen molar-refractivity contribution in [1.82, 2.24) is 9.55 Å². The van der Waals surface area contributed by atoms with Crippen molar-refractivity contribution < 1.29 is 0 Å². The fourth-order valence-corrected chi connectivity index (χ4v) is 1.20. The molecule has 2 nitrogen and oxygen atoms in total. The smallest absolute Gasteiger partial charge is 0.0991 e. The Kier molecular flexibility index (Phi) is 7.86. The normalized spacial score (nSPS) is 8.31. The highest BCUT2D eigenvalue weighted by atomic mass is 15.0. The first-order valence-corrected chi connectivity index (χ1v) is 5.91. The van der Waals surface area contributed by atoms with Crippen LogP contribution in [0.4, 0.5) is 0 Å². The average molecular weight is 218 g/mol. The Hall–Kier alpha value is -1.57. The second-order valence-corrected chi connectivity index (χ2v) is 2.81. The van der Waals surface area contributed by atoms with Gasteiger partial charge in [0.05, 0.1) is 6.33 Å². The molecule has 0 atom stereocenters. The molecule has 0 bridgehead atoms. The molecule has 0 N–H and O–H groups in total. The largest absolute Gasteiger partial charge is 0.306 e. The number of aryl methyl sites for hydroxylation is 1. The van der Waals surface area contributed by atoms with E-state index < -0.39 is 0 Å². The summed E-state index contributed by atoms with van der Waals surface area (Å²) in [6.45, 7) is 10.1. The van der Waals surface area contributed by atoms with Gasteiger partial charge in [-0.15, -0.1) is 0 Å². The Morgan fingerprint density at radius 3 is 2.25 bits per heavy atom. The Labute approximate surface area is 99.0 Å². The van der Waals surface area contributed by atoms with Crippen LogP contribution in [0.5, 0.6) is 0 Å². The highest BCUT2D eigenvalue weighted by Gasteiger charge is 1.93. The summed E-state index contributed by atoms with van der Waals surface area (Å²) >= 11 is 0. The molecule has 0 radical (unpaired) electrons. The van der Waals surface area contributed by atoms with Gasteiger partial charge >= 0.3 is 0 Å². The maximum atomic E-state index is 3.99. The summed E-state index contributed by atoms with van der Waals surface area (Å²) in [5.41, 5.74) is 2.42. The van der Waals surface area contributed by atoms with Crippen molar-refractivity contribution in [3.05, 3.63) is 48.5 Å². The van der Waals surface area contributed by atoms with Crippen LogP contribution in [0.25, 0.3) is 5.69 Å². The standard InChI is InChI=1S/C10H10N2.2C2H6/c1-9-3-2-4-10(7-9)12-6-5-11-8-12;2*1-2/h2-8H,1H3;2*1-2H3. The zero-order valence-corrected chi connectivity index (χ0v) is 10.9. The quantitative estimate of drug-likeness (QED) is 0.700. The van der Waals surface area contributed by atoms with E-state index in [1.165, 1.54) is 5.56 Å². The molecule has 2 rings (SSSR count). The Bertz CT molecular complexity index is 364. The first-order chi connectivity index (χ1) is 7.86. The minimum absolute atomic E-state index is 1.16. The van der Waals surface area contributed by atoms with Crippen LogP contribution in [-0.2, 0) is 0 Å². The van der Waals surface area contributed by atoms with E-state index in [1.54, 1.807) is 12.5 Å². The van der Waals surface area contributed by atoms with Crippen molar-refractivity contribution in [1.29, 1.82) is 0 Å². The second kappa shape index (κ2) is 8.72. The van der Waals surface area contributed by atoms with Crippen LogP contribution in [0.15, 0.2) is 43.0 Å². The van der Waals surface area contributed by atoms with Crippen molar-refractivity contribution in [2.24, 2.45) is 0 Å². The van der Waals surface area contributed by atoms with E-state index in [1.807, 2.05) is 44.5 Å². The zero-order valence-electron chi connectivity index (χ0n) is 10.9. The first kappa shape index (κ1) is 14.4. The van der Waals surface area contributed by atoms with E-state index >= 15 is 0 Å². The summed E-state index contributed by atoms with van der Waals surface area (Å²) in [7, 11) is 0. The number of aromatic nitrogens is 2. The number of benzene rings is 1. The van der Waals surface area contributed by atoms with Gasteiger partial charge in [0.15, 0.2) is 0 Å². The lowest BCUT2D eigenvalue weighted by atomic mass is 10.2. The molecule has 1 aromatic heterocycles. The molecule has 0 aliphatic carbocycles. The van der Waals surface area contributed by atoms with Gasteiger partial charge in [0.1, 0.15) is 0 Å². The fraction of sp³-hybridized carbons (Fsp3) is 0.357. The number of rotatable bonds is 1. The molecular weight excluding hydrogens is 196 g/mol. The summed E-state index contributed by atoms with van der Waals surface area (Å²) in [4.78, 5) is 3.99. The molecule has 88 valence electrons. The average Bonchev–Trinajstić information content (AvgIpc) is 2.88. The Morgan fingerprint density at radius 1 is 1.06 bits per heavy atom. The van der Waals surface area contributed by atoms with Crippen molar-refractivity contribution in [2.45, 2.75) is 34.6 Å². The molecule has 0 fully saturated rings. The van der Waals surface area contributed by atoms with Crippen LogP contribution >= 0.6 is 0 Å². The van der Waals surface area contributed by atoms with E-state index in [9.17, 15) is 0 Å². The maximum absolute atomic E-state index is 3.99. The number of hydrogen-bond donors (Lipinski definition) is 0. The van der Waals surface area contributed by atoms with Gasteiger partial charge in [-0.25, -0.2) is 4.98 Å². The van der Waals surface area contributed by atoms with Gasteiger partial charge in [0.25, 0.3) is 0 Å². The minimum atomic E-state index is 1.16. The summed E-state index contributed by atoms with van der Waals surface area (Å²) < 4.78 is 1.99. The van der Waals surface area contributed by atoms with E-state index in [0.717, 1.165) is 5.69 Å². The monoisotopic (exact) mass is 218 g/mol. The minimum Gasteiger partial charge on any atom is -0.306 e. The molecule has 1 aromatic carbocycles. The number of imidazole rings is 1. The van der Waals surface area contributed by atoms with E-state index in [4.69, 9.17) is 0 Å². The van der Waals surface area contributed by atoms with Crippen LogP contribution in [-0.4, -0.2) is 9.55 Å².